The van der Waals surface area contributed by atoms with Gasteiger partial charge in [0, 0.05) is 5.41 Å². The van der Waals surface area contributed by atoms with Gasteiger partial charge in [-0.2, -0.15) is 8.42 Å². The lowest BCUT2D eigenvalue weighted by Crippen LogP contribution is -2.04. The summed E-state index contributed by atoms with van der Waals surface area (Å²) in [6.45, 7) is 5.58. The van der Waals surface area contributed by atoms with Gasteiger partial charge in [-0.15, -0.1) is 0 Å². The largest absolute Gasteiger partial charge is 0.492 e. The van der Waals surface area contributed by atoms with Crippen LogP contribution in [0.25, 0.3) is 5.57 Å². The monoisotopic (exact) mass is 448 g/mol. The molecule has 0 aliphatic carbocycles. The van der Waals surface area contributed by atoms with Gasteiger partial charge in [-0.05, 0) is 62.2 Å². The Balaban J connectivity index is 2.45. The third-order valence-corrected chi connectivity index (χ3v) is 6.40. The number of allylic oxidation sites excluding steroid dienone is 5. The summed E-state index contributed by atoms with van der Waals surface area (Å²) in [4.78, 5) is -0.173. The lowest BCUT2D eigenvalue weighted by Gasteiger charge is -2.10. The van der Waals surface area contributed by atoms with E-state index in [1.807, 2.05) is 6.92 Å². The quantitative estimate of drug-likeness (QED) is 0.469. The number of benzene rings is 2. The van der Waals surface area contributed by atoms with Gasteiger partial charge in [-0.25, -0.2) is 8.42 Å². The Morgan fingerprint density at radius 2 is 1.73 bits per heavy atom. The Kier molecular flexibility index (Phi) is 7.77. The highest BCUT2D eigenvalue weighted by molar-refractivity contribution is 7.94. The fourth-order valence-corrected chi connectivity index (χ4v) is 4.26. The molecule has 0 heterocycles. The fourth-order valence-electron chi connectivity index (χ4n) is 2.64. The molecular weight excluding hydrogens is 424 g/mol. The summed E-state index contributed by atoms with van der Waals surface area (Å²) in [5, 5.41) is 1.08. The van der Waals surface area contributed by atoms with Crippen LogP contribution in [-0.2, 0) is 20.0 Å². The number of sulfone groups is 1. The van der Waals surface area contributed by atoms with Crippen LogP contribution in [0.1, 0.15) is 25.0 Å². The third kappa shape index (κ3) is 6.16. The SMILES string of the molecule is C\C=C/C(=C\C=C\S(=O)(=O)c1ccc(C)cc1)c1ccc(OCC)c(S(=O)(=O)O)c1. The second-order valence-electron chi connectivity index (χ2n) is 6.38. The summed E-state index contributed by atoms with van der Waals surface area (Å²) >= 11 is 0. The highest BCUT2D eigenvalue weighted by atomic mass is 32.2. The molecule has 0 saturated heterocycles. The number of rotatable bonds is 8. The molecule has 2 rings (SSSR count). The number of hydrogen-bond donors (Lipinski definition) is 1. The molecule has 0 radical (unpaired) electrons. The first kappa shape index (κ1) is 23.6. The third-order valence-electron chi connectivity index (χ3n) is 4.08. The standard InChI is InChI=1S/C22H24O6S2/c1-4-7-18(8-6-15-29(23,24)20-12-9-17(3)10-13-20)19-11-14-21(28-5-2)22(16-19)30(25,26)27/h4,6-16H,5H2,1-3H3,(H,25,26,27)/b7-4-,15-6+,18-8+. The summed E-state index contributed by atoms with van der Waals surface area (Å²) in [5.41, 5.74) is 1.99. The van der Waals surface area contributed by atoms with Crippen molar-refractivity contribution in [3.63, 3.8) is 0 Å². The highest BCUT2D eigenvalue weighted by Crippen LogP contribution is 2.29. The topological polar surface area (TPSA) is 97.7 Å². The summed E-state index contributed by atoms with van der Waals surface area (Å²) < 4.78 is 63.2. The molecular formula is C22H24O6S2. The van der Waals surface area contributed by atoms with Crippen molar-refractivity contribution in [2.24, 2.45) is 0 Å². The minimum atomic E-state index is -4.50. The number of aryl methyl sites for hydroxylation is 1. The second-order valence-corrected chi connectivity index (χ2v) is 9.60. The molecule has 1 N–H and O–H groups in total. The predicted octanol–water partition coefficient (Wildman–Crippen LogP) is 4.59. The smallest absolute Gasteiger partial charge is 0.298 e. The maximum Gasteiger partial charge on any atom is 0.298 e. The van der Waals surface area contributed by atoms with Gasteiger partial charge in [0.15, 0.2) is 9.84 Å². The minimum Gasteiger partial charge on any atom is -0.492 e. The van der Waals surface area contributed by atoms with E-state index < -0.39 is 20.0 Å². The molecule has 160 valence electrons. The van der Waals surface area contributed by atoms with Crippen molar-refractivity contribution in [2.45, 2.75) is 30.6 Å². The predicted molar refractivity (Wildman–Crippen MR) is 118 cm³/mol. The van der Waals surface area contributed by atoms with E-state index in [4.69, 9.17) is 4.74 Å². The number of hydrogen-bond acceptors (Lipinski definition) is 5. The van der Waals surface area contributed by atoms with Gasteiger partial charge in [0.2, 0.25) is 0 Å². The first-order valence-corrected chi connectivity index (χ1v) is 12.1. The minimum absolute atomic E-state index is 0.0427. The molecule has 0 bridgehead atoms. The van der Waals surface area contributed by atoms with Crippen molar-refractivity contribution in [1.29, 1.82) is 0 Å². The normalized spacial score (nSPS) is 13.3. The molecule has 0 spiro atoms. The molecule has 6 nitrogen and oxygen atoms in total. The van der Waals surface area contributed by atoms with Gasteiger partial charge in [-0.1, -0.05) is 42.0 Å². The van der Waals surface area contributed by atoms with Crippen LogP contribution in [-0.4, -0.2) is 28.0 Å². The Morgan fingerprint density at radius 1 is 1.07 bits per heavy atom. The Hall–Kier alpha value is -2.68. The van der Waals surface area contributed by atoms with E-state index in [0.717, 1.165) is 11.0 Å². The van der Waals surface area contributed by atoms with Gasteiger partial charge in [0.25, 0.3) is 10.1 Å². The van der Waals surface area contributed by atoms with Crippen LogP contribution in [0, 0.1) is 6.92 Å². The summed E-state index contributed by atoms with van der Waals surface area (Å²) in [6.07, 6.45) is 6.37. The van der Waals surface area contributed by atoms with E-state index in [1.54, 1.807) is 50.3 Å². The first-order valence-electron chi connectivity index (χ1n) is 9.16. The molecule has 0 unspecified atom stereocenters. The number of ether oxygens (including phenoxy) is 1. The molecule has 0 aliphatic heterocycles. The van der Waals surface area contributed by atoms with Gasteiger partial charge >= 0.3 is 0 Å². The molecule has 0 fully saturated rings. The van der Waals surface area contributed by atoms with E-state index in [2.05, 4.69) is 0 Å². The van der Waals surface area contributed by atoms with E-state index >= 15 is 0 Å². The molecule has 0 aliphatic rings. The van der Waals surface area contributed by atoms with Gasteiger partial charge in [0.05, 0.1) is 11.5 Å². The Bertz CT molecular complexity index is 1190. The van der Waals surface area contributed by atoms with Crippen LogP contribution in [0.3, 0.4) is 0 Å². The lowest BCUT2D eigenvalue weighted by atomic mass is 10.0. The Morgan fingerprint density at radius 3 is 2.30 bits per heavy atom. The zero-order valence-electron chi connectivity index (χ0n) is 16.9. The average molecular weight is 449 g/mol. The van der Waals surface area contributed by atoms with Crippen molar-refractivity contribution < 1.29 is 26.1 Å². The van der Waals surface area contributed by atoms with E-state index in [1.165, 1.54) is 30.3 Å². The van der Waals surface area contributed by atoms with Crippen LogP contribution >= 0.6 is 0 Å². The maximum absolute atomic E-state index is 12.5. The molecule has 0 amide bonds. The fraction of sp³-hybridized carbons (Fsp3) is 0.182. The van der Waals surface area contributed by atoms with E-state index in [9.17, 15) is 21.4 Å². The van der Waals surface area contributed by atoms with Crippen LogP contribution < -0.4 is 4.74 Å². The van der Waals surface area contributed by atoms with Crippen LogP contribution in [0.2, 0.25) is 0 Å². The molecule has 0 saturated carbocycles. The van der Waals surface area contributed by atoms with Crippen LogP contribution in [0.4, 0.5) is 0 Å². The van der Waals surface area contributed by atoms with Gasteiger partial charge < -0.3 is 4.74 Å². The highest BCUT2D eigenvalue weighted by Gasteiger charge is 2.18. The molecule has 2 aromatic carbocycles. The zero-order valence-corrected chi connectivity index (χ0v) is 18.6. The van der Waals surface area contributed by atoms with Crippen LogP contribution in [0.5, 0.6) is 5.75 Å². The van der Waals surface area contributed by atoms with Gasteiger partial charge in [0.1, 0.15) is 10.6 Å². The van der Waals surface area contributed by atoms with E-state index in [-0.39, 0.29) is 22.1 Å². The summed E-state index contributed by atoms with van der Waals surface area (Å²) in [6, 6.07) is 10.9. The molecule has 0 aromatic heterocycles. The molecule has 30 heavy (non-hydrogen) atoms. The Labute approximate surface area is 177 Å². The van der Waals surface area contributed by atoms with Crippen molar-refractivity contribution in [3.8, 4) is 5.75 Å². The molecule has 0 atom stereocenters. The van der Waals surface area contributed by atoms with Crippen molar-refractivity contribution in [3.05, 3.63) is 83.3 Å². The lowest BCUT2D eigenvalue weighted by molar-refractivity contribution is 0.329. The summed E-state index contributed by atoms with van der Waals surface area (Å²) in [5.74, 6) is 0.0427. The average Bonchev–Trinajstić information content (AvgIpc) is 2.67. The first-order chi connectivity index (χ1) is 14.1. The van der Waals surface area contributed by atoms with Gasteiger partial charge in [-0.3, -0.25) is 4.55 Å². The maximum atomic E-state index is 12.5. The van der Waals surface area contributed by atoms with Crippen molar-refractivity contribution in [1.82, 2.24) is 0 Å². The van der Waals surface area contributed by atoms with E-state index in [0.29, 0.717) is 11.1 Å². The zero-order chi connectivity index (χ0) is 22.4. The van der Waals surface area contributed by atoms with Crippen LogP contribution in [0.15, 0.2) is 82.0 Å². The summed E-state index contributed by atoms with van der Waals surface area (Å²) in [7, 11) is -8.12. The molecule has 8 heteroatoms. The molecule has 2 aromatic rings. The van der Waals surface area contributed by atoms with Crippen molar-refractivity contribution in [2.75, 3.05) is 6.61 Å². The van der Waals surface area contributed by atoms with Crippen molar-refractivity contribution >= 4 is 25.5 Å². The second kappa shape index (κ2) is 9.88.